The van der Waals surface area contributed by atoms with Gasteiger partial charge in [-0.05, 0) is 43.5 Å². The van der Waals surface area contributed by atoms with Crippen molar-refractivity contribution in [2.24, 2.45) is 0 Å². The molecule has 1 atom stereocenters. The predicted molar refractivity (Wildman–Crippen MR) is 118 cm³/mol. The smallest absolute Gasteiger partial charge is 0.271 e. The van der Waals surface area contributed by atoms with E-state index in [1.165, 1.54) is 25.1 Å². The van der Waals surface area contributed by atoms with E-state index >= 15 is 0 Å². The molecule has 0 saturated heterocycles. The first-order valence-corrected chi connectivity index (χ1v) is 10.2. The van der Waals surface area contributed by atoms with Crippen molar-refractivity contribution in [3.63, 3.8) is 0 Å². The Bertz CT molecular complexity index is 1260. The van der Waals surface area contributed by atoms with Crippen molar-refractivity contribution in [1.29, 1.82) is 5.26 Å². The average molecular weight is 434 g/mol. The summed E-state index contributed by atoms with van der Waals surface area (Å²) in [5.41, 5.74) is 0.696. The standard InChI is InChI=1S/C25H23FN2O4/c1-4-20(32-21-8-6-5-7-19(21)26)23(29)22-16(3)18(13-27)24(30)28(25(22)31)14-17-11-9-15(2)10-12-17/h5-12,20,31H,4,14H2,1-3H3. The fourth-order valence-electron chi connectivity index (χ4n) is 3.45. The molecule has 164 valence electrons. The molecule has 6 nitrogen and oxygen atoms in total. The molecule has 0 saturated carbocycles. The van der Waals surface area contributed by atoms with Crippen molar-refractivity contribution < 1.29 is 19.0 Å². The number of benzene rings is 2. The third kappa shape index (κ3) is 4.40. The minimum Gasteiger partial charge on any atom is -0.494 e. The summed E-state index contributed by atoms with van der Waals surface area (Å²) in [5.74, 6) is -1.91. The number of ether oxygens (including phenoxy) is 1. The van der Waals surface area contributed by atoms with Gasteiger partial charge in [0.15, 0.2) is 17.7 Å². The number of nitrogens with zero attached hydrogens (tertiary/aromatic N) is 2. The first-order valence-electron chi connectivity index (χ1n) is 10.2. The van der Waals surface area contributed by atoms with Crippen molar-refractivity contribution in [3.05, 3.63) is 92.5 Å². The summed E-state index contributed by atoms with van der Waals surface area (Å²) in [7, 11) is 0. The molecule has 3 rings (SSSR count). The van der Waals surface area contributed by atoms with Gasteiger partial charge in [0.2, 0.25) is 11.7 Å². The Kier molecular flexibility index (Phi) is 6.74. The Balaban J connectivity index is 2.09. The summed E-state index contributed by atoms with van der Waals surface area (Å²) >= 11 is 0. The first-order chi connectivity index (χ1) is 15.3. The molecule has 32 heavy (non-hydrogen) atoms. The van der Waals surface area contributed by atoms with E-state index < -0.39 is 29.1 Å². The molecule has 7 heteroatoms. The van der Waals surface area contributed by atoms with Gasteiger partial charge in [-0.1, -0.05) is 48.9 Å². The zero-order valence-corrected chi connectivity index (χ0v) is 18.1. The zero-order chi connectivity index (χ0) is 23.4. The number of aryl methyl sites for hydroxylation is 1. The van der Waals surface area contributed by atoms with Crippen molar-refractivity contribution in [2.45, 2.75) is 39.8 Å². The van der Waals surface area contributed by atoms with Crippen molar-refractivity contribution >= 4 is 5.78 Å². The Morgan fingerprint density at radius 1 is 1.19 bits per heavy atom. The molecule has 0 aliphatic rings. The van der Waals surface area contributed by atoms with Crippen molar-refractivity contribution in [3.8, 4) is 17.7 Å². The number of hydrogen-bond acceptors (Lipinski definition) is 5. The number of rotatable bonds is 7. The Hall–Kier alpha value is -3.92. The highest BCUT2D eigenvalue weighted by atomic mass is 19.1. The maximum absolute atomic E-state index is 14.0. The maximum atomic E-state index is 14.0. The molecule has 0 fully saturated rings. The van der Waals surface area contributed by atoms with Gasteiger partial charge in [0.25, 0.3) is 5.56 Å². The monoisotopic (exact) mass is 434 g/mol. The lowest BCUT2D eigenvalue weighted by atomic mass is 9.97. The highest BCUT2D eigenvalue weighted by molar-refractivity contribution is 6.03. The lowest BCUT2D eigenvalue weighted by Gasteiger charge is -2.20. The molecule has 3 aromatic rings. The highest BCUT2D eigenvalue weighted by Crippen LogP contribution is 2.27. The number of pyridine rings is 1. The number of hydrogen-bond donors (Lipinski definition) is 1. The van der Waals surface area contributed by atoms with Crippen LogP contribution in [0.25, 0.3) is 0 Å². The van der Waals surface area contributed by atoms with Gasteiger partial charge in [0, 0.05) is 0 Å². The summed E-state index contributed by atoms with van der Waals surface area (Å²) in [6, 6.07) is 14.8. The summed E-state index contributed by atoms with van der Waals surface area (Å²) in [5, 5.41) is 20.5. The van der Waals surface area contributed by atoms with E-state index in [0.717, 1.165) is 10.1 Å². The van der Waals surface area contributed by atoms with Crippen LogP contribution in [0.4, 0.5) is 4.39 Å². The zero-order valence-electron chi connectivity index (χ0n) is 18.1. The summed E-state index contributed by atoms with van der Waals surface area (Å²) in [4.78, 5) is 26.2. The summed E-state index contributed by atoms with van der Waals surface area (Å²) < 4.78 is 20.6. The third-order valence-electron chi connectivity index (χ3n) is 5.28. The van der Waals surface area contributed by atoms with Gasteiger partial charge in [0.05, 0.1) is 12.1 Å². The number of para-hydroxylation sites is 1. The molecule has 0 spiro atoms. The second kappa shape index (κ2) is 9.48. The molecule has 0 radical (unpaired) electrons. The summed E-state index contributed by atoms with van der Waals surface area (Å²) in [6.07, 6.45) is -0.932. The second-order valence-corrected chi connectivity index (χ2v) is 7.50. The molecule has 1 unspecified atom stereocenters. The largest absolute Gasteiger partial charge is 0.494 e. The molecule has 0 aliphatic carbocycles. The van der Waals surface area contributed by atoms with E-state index in [-0.39, 0.29) is 35.4 Å². The van der Waals surface area contributed by atoms with Gasteiger partial charge in [-0.15, -0.1) is 0 Å². The van der Waals surface area contributed by atoms with Gasteiger partial charge in [-0.3, -0.25) is 14.2 Å². The molecule has 0 bridgehead atoms. The molecular formula is C25H23FN2O4. The lowest BCUT2D eigenvalue weighted by Crippen LogP contribution is -2.32. The number of aromatic hydroxyl groups is 1. The van der Waals surface area contributed by atoms with Crippen LogP contribution < -0.4 is 10.3 Å². The molecule has 0 amide bonds. The van der Waals surface area contributed by atoms with E-state index in [4.69, 9.17) is 4.74 Å². The number of ketones is 1. The van der Waals surface area contributed by atoms with E-state index in [0.29, 0.717) is 5.56 Å². The van der Waals surface area contributed by atoms with Crippen LogP contribution in [-0.4, -0.2) is 21.6 Å². The fourth-order valence-corrected chi connectivity index (χ4v) is 3.45. The highest BCUT2D eigenvalue weighted by Gasteiger charge is 2.30. The third-order valence-corrected chi connectivity index (χ3v) is 5.28. The number of Topliss-reactive ketones (excluding diaryl/α,β-unsaturated/α-hetero) is 1. The van der Waals surface area contributed by atoms with E-state index in [9.17, 15) is 24.3 Å². The van der Waals surface area contributed by atoms with Crippen LogP contribution in [-0.2, 0) is 6.54 Å². The van der Waals surface area contributed by atoms with Crippen LogP contribution >= 0.6 is 0 Å². The minimum atomic E-state index is -1.12. The second-order valence-electron chi connectivity index (χ2n) is 7.50. The molecular weight excluding hydrogens is 411 g/mol. The molecule has 1 heterocycles. The SMILES string of the molecule is CCC(Oc1ccccc1F)C(=O)c1c(C)c(C#N)c(=O)n(Cc2ccc(C)cc2)c1O. The molecule has 1 N–H and O–H groups in total. The average Bonchev–Trinajstić information content (AvgIpc) is 2.77. The minimum absolute atomic E-state index is 0.0227. The van der Waals surface area contributed by atoms with Gasteiger partial charge >= 0.3 is 0 Å². The van der Waals surface area contributed by atoms with Gasteiger partial charge < -0.3 is 9.84 Å². The molecule has 2 aromatic carbocycles. The van der Waals surface area contributed by atoms with Gasteiger partial charge in [0.1, 0.15) is 11.6 Å². The normalized spacial score (nSPS) is 11.6. The first kappa shape index (κ1) is 22.8. The Labute approximate surface area is 185 Å². The number of nitriles is 1. The van der Waals surface area contributed by atoms with Crippen LogP contribution in [0.2, 0.25) is 0 Å². The summed E-state index contributed by atoms with van der Waals surface area (Å²) in [6.45, 7) is 5.01. The lowest BCUT2D eigenvalue weighted by molar-refractivity contribution is 0.0774. The molecule has 0 aliphatic heterocycles. The van der Waals surface area contributed by atoms with Crippen LogP contribution in [0.5, 0.6) is 11.6 Å². The quantitative estimate of drug-likeness (QED) is 0.561. The van der Waals surface area contributed by atoms with Crippen molar-refractivity contribution in [2.75, 3.05) is 0 Å². The number of carbonyl (C=O) groups is 1. The van der Waals surface area contributed by atoms with E-state index in [1.54, 1.807) is 25.1 Å². The van der Waals surface area contributed by atoms with Crippen LogP contribution in [0.15, 0.2) is 53.3 Å². The number of carbonyl (C=O) groups excluding carboxylic acids is 1. The van der Waals surface area contributed by atoms with Gasteiger partial charge in [-0.2, -0.15) is 5.26 Å². The van der Waals surface area contributed by atoms with Crippen LogP contribution in [0, 0.1) is 31.0 Å². The topological polar surface area (TPSA) is 92.3 Å². The predicted octanol–water partition coefficient (Wildman–Crippen LogP) is 4.27. The fraction of sp³-hybridized carbons (Fsp3) is 0.240. The number of halogens is 1. The molecule has 1 aromatic heterocycles. The van der Waals surface area contributed by atoms with Gasteiger partial charge in [-0.25, -0.2) is 4.39 Å². The van der Waals surface area contributed by atoms with E-state index in [2.05, 4.69) is 0 Å². The van der Waals surface area contributed by atoms with E-state index in [1.807, 2.05) is 25.1 Å². The van der Waals surface area contributed by atoms with Crippen LogP contribution in [0.3, 0.4) is 0 Å². The Morgan fingerprint density at radius 3 is 2.44 bits per heavy atom. The van der Waals surface area contributed by atoms with Crippen LogP contribution in [0.1, 0.15) is 46.0 Å². The maximum Gasteiger partial charge on any atom is 0.271 e. The number of aromatic nitrogens is 1. The Morgan fingerprint density at radius 2 is 1.84 bits per heavy atom. The van der Waals surface area contributed by atoms with Crippen molar-refractivity contribution in [1.82, 2.24) is 4.57 Å².